The van der Waals surface area contributed by atoms with Crippen molar-refractivity contribution in [1.82, 2.24) is 9.88 Å². The third-order valence-electron chi connectivity index (χ3n) is 4.41. The number of hydrogen-bond acceptors (Lipinski definition) is 4. The van der Waals surface area contributed by atoms with E-state index in [4.69, 9.17) is 9.47 Å². The van der Waals surface area contributed by atoms with Crippen LogP contribution in [0.5, 0.6) is 11.5 Å². The van der Waals surface area contributed by atoms with Crippen LogP contribution in [0, 0.1) is 0 Å². The number of ether oxygens (including phenoxy) is 2. The Labute approximate surface area is 157 Å². The zero-order chi connectivity index (χ0) is 19.4. The molecule has 0 bridgehead atoms. The summed E-state index contributed by atoms with van der Waals surface area (Å²) in [6.07, 6.45) is 1.16. The summed E-state index contributed by atoms with van der Waals surface area (Å²) in [6.45, 7) is 0.0860. The molecule has 0 radical (unpaired) electrons. The van der Waals surface area contributed by atoms with Gasteiger partial charge in [-0.15, -0.1) is 0 Å². The van der Waals surface area contributed by atoms with Gasteiger partial charge in [0.25, 0.3) is 0 Å². The molecule has 1 atom stereocenters. The molecule has 7 nitrogen and oxygen atoms in total. The van der Waals surface area contributed by atoms with Crippen LogP contribution >= 0.6 is 0 Å². The van der Waals surface area contributed by atoms with Crippen molar-refractivity contribution in [3.63, 3.8) is 0 Å². The second-order valence-corrected chi connectivity index (χ2v) is 6.16. The highest BCUT2D eigenvalue weighted by atomic mass is 16.5. The van der Waals surface area contributed by atoms with Gasteiger partial charge in [0.1, 0.15) is 11.5 Å². The number of aliphatic hydroxyl groups excluding tert-OH is 1. The molecule has 0 spiro atoms. The first-order valence-electron chi connectivity index (χ1n) is 8.51. The summed E-state index contributed by atoms with van der Waals surface area (Å²) in [4.78, 5) is 12.2. The van der Waals surface area contributed by atoms with Crippen LogP contribution in [0.4, 0.5) is 10.5 Å². The molecule has 3 rings (SSSR count). The molecule has 1 heterocycles. The first kappa shape index (κ1) is 18.6. The van der Waals surface area contributed by atoms with Gasteiger partial charge in [-0.2, -0.15) is 0 Å². The van der Waals surface area contributed by atoms with Crippen molar-refractivity contribution in [3.05, 3.63) is 54.2 Å². The number of aliphatic hydroxyl groups is 1. The van der Waals surface area contributed by atoms with Gasteiger partial charge in [0.2, 0.25) is 0 Å². The molecule has 2 amide bonds. The summed E-state index contributed by atoms with van der Waals surface area (Å²) in [7, 11) is 5.04. The van der Waals surface area contributed by atoms with Gasteiger partial charge in [-0.05, 0) is 41.3 Å². The molecule has 7 heteroatoms. The molecule has 3 aromatic rings. The molecular weight excluding hydrogens is 346 g/mol. The van der Waals surface area contributed by atoms with Crippen LogP contribution in [-0.2, 0) is 7.05 Å². The van der Waals surface area contributed by atoms with Gasteiger partial charge in [-0.3, -0.25) is 0 Å². The number of amides is 2. The lowest BCUT2D eigenvalue weighted by Gasteiger charge is -2.15. The van der Waals surface area contributed by atoms with E-state index in [9.17, 15) is 9.90 Å². The van der Waals surface area contributed by atoms with E-state index in [2.05, 4.69) is 10.6 Å². The van der Waals surface area contributed by atoms with Gasteiger partial charge in [-0.1, -0.05) is 6.07 Å². The van der Waals surface area contributed by atoms with Crippen LogP contribution in [0.2, 0.25) is 0 Å². The van der Waals surface area contributed by atoms with Gasteiger partial charge < -0.3 is 29.8 Å². The fourth-order valence-corrected chi connectivity index (χ4v) is 2.88. The smallest absolute Gasteiger partial charge is 0.319 e. The van der Waals surface area contributed by atoms with E-state index >= 15 is 0 Å². The number of aromatic nitrogens is 1. The van der Waals surface area contributed by atoms with E-state index in [0.717, 1.165) is 16.5 Å². The predicted octanol–water partition coefficient (Wildman–Crippen LogP) is 3.05. The Bertz CT molecular complexity index is 952. The zero-order valence-corrected chi connectivity index (χ0v) is 15.5. The van der Waals surface area contributed by atoms with Gasteiger partial charge >= 0.3 is 6.03 Å². The number of aryl methyl sites for hydroxylation is 1. The Morgan fingerprint density at radius 1 is 1.15 bits per heavy atom. The van der Waals surface area contributed by atoms with E-state index in [1.807, 2.05) is 42.1 Å². The molecule has 3 N–H and O–H groups in total. The second-order valence-electron chi connectivity index (χ2n) is 6.16. The maximum atomic E-state index is 12.2. The number of fused-ring (bicyclic) bond motifs is 1. The molecule has 0 aliphatic heterocycles. The Hall–Kier alpha value is -3.19. The largest absolute Gasteiger partial charge is 0.497 e. The number of urea groups is 1. The van der Waals surface area contributed by atoms with Crippen molar-refractivity contribution in [3.8, 4) is 11.5 Å². The average Bonchev–Trinajstić information content (AvgIpc) is 3.06. The maximum absolute atomic E-state index is 12.2. The lowest BCUT2D eigenvalue weighted by Crippen LogP contribution is -2.32. The van der Waals surface area contributed by atoms with Crippen molar-refractivity contribution >= 4 is 22.6 Å². The quantitative estimate of drug-likeness (QED) is 0.623. The summed E-state index contributed by atoms with van der Waals surface area (Å²) in [5.41, 5.74) is 2.34. The number of nitrogens with one attached hydrogen (secondary N) is 2. The Kier molecular flexibility index (Phi) is 5.52. The molecule has 1 aromatic heterocycles. The minimum Gasteiger partial charge on any atom is -0.497 e. The molecule has 2 aromatic carbocycles. The van der Waals surface area contributed by atoms with E-state index in [1.165, 1.54) is 7.11 Å². The summed E-state index contributed by atoms with van der Waals surface area (Å²) in [5.74, 6) is 1.11. The Morgan fingerprint density at radius 2 is 1.96 bits per heavy atom. The predicted molar refractivity (Wildman–Crippen MR) is 104 cm³/mol. The van der Waals surface area contributed by atoms with Crippen molar-refractivity contribution in [1.29, 1.82) is 0 Å². The van der Waals surface area contributed by atoms with Crippen molar-refractivity contribution < 1.29 is 19.4 Å². The van der Waals surface area contributed by atoms with E-state index in [-0.39, 0.29) is 6.54 Å². The number of carbonyl (C=O) groups is 1. The van der Waals surface area contributed by atoms with Crippen molar-refractivity contribution in [2.75, 3.05) is 26.1 Å². The van der Waals surface area contributed by atoms with E-state index in [1.54, 1.807) is 25.3 Å². The number of carbonyl (C=O) groups excluding carboxylic acids is 1. The van der Waals surface area contributed by atoms with Crippen LogP contribution in [0.25, 0.3) is 10.9 Å². The first-order chi connectivity index (χ1) is 13.0. The minimum absolute atomic E-state index is 0.0860. The minimum atomic E-state index is -0.807. The monoisotopic (exact) mass is 369 g/mol. The highest BCUT2D eigenvalue weighted by Gasteiger charge is 2.13. The summed E-state index contributed by atoms with van der Waals surface area (Å²) < 4.78 is 12.4. The molecule has 0 saturated heterocycles. The highest BCUT2D eigenvalue weighted by molar-refractivity contribution is 5.91. The SMILES string of the molecule is COc1ccc(NC(=O)NCC(O)c2ccc3c(ccn3C)c2)c(OC)c1. The third kappa shape index (κ3) is 4.15. The van der Waals surface area contributed by atoms with Crippen molar-refractivity contribution in [2.45, 2.75) is 6.10 Å². The Balaban J connectivity index is 1.61. The zero-order valence-electron chi connectivity index (χ0n) is 15.5. The highest BCUT2D eigenvalue weighted by Crippen LogP contribution is 2.29. The van der Waals surface area contributed by atoms with Crippen LogP contribution in [-0.4, -0.2) is 36.5 Å². The van der Waals surface area contributed by atoms with Crippen LogP contribution in [0.3, 0.4) is 0 Å². The number of hydrogen-bond donors (Lipinski definition) is 3. The van der Waals surface area contributed by atoms with Crippen molar-refractivity contribution in [2.24, 2.45) is 7.05 Å². The molecule has 0 fully saturated rings. The maximum Gasteiger partial charge on any atom is 0.319 e. The molecule has 27 heavy (non-hydrogen) atoms. The topological polar surface area (TPSA) is 84.8 Å². The molecule has 0 aliphatic carbocycles. The standard InChI is InChI=1S/C20H23N3O4/c1-23-9-8-13-10-14(4-7-17(13)23)18(24)12-21-20(25)22-16-6-5-15(26-2)11-19(16)27-3/h4-11,18,24H,12H2,1-3H3,(H2,21,22,25). The van der Waals surface area contributed by atoms with Gasteiger partial charge in [0.05, 0.1) is 26.0 Å². The third-order valence-corrected chi connectivity index (χ3v) is 4.41. The number of anilines is 1. The van der Waals surface area contributed by atoms with E-state index in [0.29, 0.717) is 17.2 Å². The average molecular weight is 369 g/mol. The lowest BCUT2D eigenvalue weighted by atomic mass is 10.1. The first-order valence-corrected chi connectivity index (χ1v) is 8.51. The molecular formula is C20H23N3O4. The van der Waals surface area contributed by atoms with Gasteiger partial charge in [0, 0.05) is 31.4 Å². The second kappa shape index (κ2) is 8.01. The summed E-state index contributed by atoms with van der Waals surface area (Å²) in [5, 5.41) is 16.8. The molecule has 142 valence electrons. The van der Waals surface area contributed by atoms with Gasteiger partial charge in [-0.25, -0.2) is 4.79 Å². The number of benzene rings is 2. The normalized spacial score (nSPS) is 11.9. The number of rotatable bonds is 6. The summed E-state index contributed by atoms with van der Waals surface area (Å²) in [6, 6.07) is 12.4. The van der Waals surface area contributed by atoms with Crippen LogP contribution in [0.1, 0.15) is 11.7 Å². The Morgan fingerprint density at radius 3 is 2.70 bits per heavy atom. The number of nitrogens with zero attached hydrogens (tertiary/aromatic N) is 1. The van der Waals surface area contributed by atoms with E-state index < -0.39 is 12.1 Å². The fraction of sp³-hybridized carbons (Fsp3) is 0.250. The molecule has 1 unspecified atom stereocenters. The molecule has 0 saturated carbocycles. The van der Waals surface area contributed by atoms with Crippen LogP contribution < -0.4 is 20.1 Å². The van der Waals surface area contributed by atoms with Crippen LogP contribution in [0.15, 0.2) is 48.7 Å². The summed E-state index contributed by atoms with van der Waals surface area (Å²) >= 11 is 0. The fourth-order valence-electron chi connectivity index (χ4n) is 2.88. The van der Waals surface area contributed by atoms with Gasteiger partial charge in [0.15, 0.2) is 0 Å². The molecule has 0 aliphatic rings. The number of methoxy groups -OCH3 is 2. The lowest BCUT2D eigenvalue weighted by molar-refractivity contribution is 0.175.